The number of aromatic nitrogens is 2. The van der Waals surface area contributed by atoms with Crippen molar-refractivity contribution < 1.29 is 0 Å². The van der Waals surface area contributed by atoms with Gasteiger partial charge in [-0.3, -0.25) is 9.58 Å². The standard InChI is InChI=1S/C16H24N4S/c1-4-14-13(10-19(3)18-14)15(9-17)20-7-5-16-12(11(20)2)6-8-21-16/h6,8,10-11,15H,4-5,7,9,17H2,1-3H3. The summed E-state index contributed by atoms with van der Waals surface area (Å²) in [5.41, 5.74) is 10.1. The number of aryl methyl sites for hydroxylation is 2. The normalized spacial score (nSPS) is 20.5. The van der Waals surface area contributed by atoms with Gasteiger partial charge in [0.25, 0.3) is 0 Å². The number of nitrogens with zero attached hydrogens (tertiary/aromatic N) is 3. The molecule has 2 N–H and O–H groups in total. The summed E-state index contributed by atoms with van der Waals surface area (Å²) in [4.78, 5) is 4.09. The predicted octanol–water partition coefficient (Wildman–Crippen LogP) is 2.66. The molecular formula is C16H24N4S. The maximum absolute atomic E-state index is 6.15. The molecule has 3 rings (SSSR count). The van der Waals surface area contributed by atoms with E-state index in [1.54, 1.807) is 0 Å². The Morgan fingerprint density at radius 2 is 2.33 bits per heavy atom. The fourth-order valence-corrected chi connectivity index (χ4v) is 4.46. The lowest BCUT2D eigenvalue weighted by Gasteiger charge is -2.39. The van der Waals surface area contributed by atoms with Crippen molar-refractivity contribution in [2.75, 3.05) is 13.1 Å². The van der Waals surface area contributed by atoms with Gasteiger partial charge in [0.2, 0.25) is 0 Å². The van der Waals surface area contributed by atoms with Crippen LogP contribution in [0.2, 0.25) is 0 Å². The van der Waals surface area contributed by atoms with Crippen LogP contribution in [0.3, 0.4) is 0 Å². The van der Waals surface area contributed by atoms with Gasteiger partial charge < -0.3 is 5.73 Å². The molecule has 3 heterocycles. The van der Waals surface area contributed by atoms with Crippen molar-refractivity contribution >= 4 is 11.3 Å². The second-order valence-electron chi connectivity index (χ2n) is 5.77. The van der Waals surface area contributed by atoms with E-state index in [2.05, 4.69) is 41.5 Å². The second kappa shape index (κ2) is 5.91. The SMILES string of the molecule is CCc1nn(C)cc1C(CN)N1CCc2sccc2C1C. The fourth-order valence-electron chi connectivity index (χ4n) is 3.50. The summed E-state index contributed by atoms with van der Waals surface area (Å²) in [6.45, 7) is 6.18. The Kier molecular flexibility index (Phi) is 4.15. The van der Waals surface area contributed by atoms with E-state index >= 15 is 0 Å². The summed E-state index contributed by atoms with van der Waals surface area (Å²) < 4.78 is 1.92. The van der Waals surface area contributed by atoms with Crippen LogP contribution in [0.5, 0.6) is 0 Å². The number of thiophene rings is 1. The highest BCUT2D eigenvalue weighted by Gasteiger charge is 2.32. The maximum Gasteiger partial charge on any atom is 0.0670 e. The lowest BCUT2D eigenvalue weighted by Crippen LogP contribution is -2.40. The summed E-state index contributed by atoms with van der Waals surface area (Å²) in [5.74, 6) is 0. The lowest BCUT2D eigenvalue weighted by molar-refractivity contribution is 0.138. The van der Waals surface area contributed by atoms with E-state index in [1.165, 1.54) is 21.7 Å². The first-order valence-corrected chi connectivity index (χ1v) is 8.58. The number of hydrogen-bond acceptors (Lipinski definition) is 4. The number of hydrogen-bond donors (Lipinski definition) is 1. The van der Waals surface area contributed by atoms with Gasteiger partial charge in [0.1, 0.15) is 0 Å². The van der Waals surface area contributed by atoms with Gasteiger partial charge in [-0.05, 0) is 36.8 Å². The molecule has 2 atom stereocenters. The van der Waals surface area contributed by atoms with Crippen molar-refractivity contribution in [3.05, 3.63) is 39.3 Å². The first-order chi connectivity index (χ1) is 10.2. The van der Waals surface area contributed by atoms with Gasteiger partial charge in [0.05, 0.1) is 11.7 Å². The van der Waals surface area contributed by atoms with Gasteiger partial charge in [0, 0.05) is 42.8 Å². The van der Waals surface area contributed by atoms with Crippen LogP contribution in [0.15, 0.2) is 17.6 Å². The summed E-state index contributed by atoms with van der Waals surface area (Å²) in [6, 6.07) is 2.96. The van der Waals surface area contributed by atoms with Crippen molar-refractivity contribution in [3.63, 3.8) is 0 Å². The maximum atomic E-state index is 6.15. The van der Waals surface area contributed by atoms with E-state index < -0.39 is 0 Å². The van der Waals surface area contributed by atoms with Crippen LogP contribution in [-0.2, 0) is 19.9 Å². The Hall–Kier alpha value is -1.17. The van der Waals surface area contributed by atoms with Crippen LogP contribution < -0.4 is 5.73 Å². The minimum Gasteiger partial charge on any atom is -0.329 e. The zero-order valence-electron chi connectivity index (χ0n) is 13.0. The predicted molar refractivity (Wildman–Crippen MR) is 87.5 cm³/mol. The first kappa shape index (κ1) is 14.8. The molecule has 0 radical (unpaired) electrons. The topological polar surface area (TPSA) is 47.1 Å². The van der Waals surface area contributed by atoms with E-state index in [0.717, 1.165) is 19.4 Å². The molecule has 4 nitrogen and oxygen atoms in total. The molecule has 0 aliphatic carbocycles. The summed E-state index contributed by atoms with van der Waals surface area (Å²) >= 11 is 1.88. The third-order valence-corrected chi connectivity index (χ3v) is 5.58. The fraction of sp³-hybridized carbons (Fsp3) is 0.562. The van der Waals surface area contributed by atoms with Crippen molar-refractivity contribution in [1.82, 2.24) is 14.7 Å². The Balaban J connectivity index is 1.94. The molecular weight excluding hydrogens is 280 g/mol. The second-order valence-corrected chi connectivity index (χ2v) is 6.77. The molecule has 0 fully saturated rings. The average Bonchev–Trinajstić information content (AvgIpc) is 3.09. The van der Waals surface area contributed by atoms with Crippen LogP contribution in [0.4, 0.5) is 0 Å². The minimum atomic E-state index is 0.261. The van der Waals surface area contributed by atoms with Gasteiger partial charge in [-0.25, -0.2) is 0 Å². The van der Waals surface area contributed by atoms with E-state index in [1.807, 2.05) is 23.1 Å². The lowest BCUT2D eigenvalue weighted by atomic mass is 9.96. The first-order valence-electron chi connectivity index (χ1n) is 7.70. The highest BCUT2D eigenvalue weighted by atomic mass is 32.1. The van der Waals surface area contributed by atoms with Gasteiger partial charge in [-0.15, -0.1) is 11.3 Å². The van der Waals surface area contributed by atoms with Crippen molar-refractivity contribution in [1.29, 1.82) is 0 Å². The Morgan fingerprint density at radius 1 is 1.52 bits per heavy atom. The third-order valence-electron chi connectivity index (χ3n) is 4.58. The molecule has 5 heteroatoms. The minimum absolute atomic E-state index is 0.261. The van der Waals surface area contributed by atoms with Gasteiger partial charge in [-0.2, -0.15) is 5.10 Å². The van der Waals surface area contributed by atoms with E-state index in [0.29, 0.717) is 12.6 Å². The van der Waals surface area contributed by atoms with Gasteiger partial charge in [-0.1, -0.05) is 6.92 Å². The molecule has 0 aromatic carbocycles. The van der Waals surface area contributed by atoms with Crippen LogP contribution in [-0.4, -0.2) is 27.8 Å². The molecule has 0 saturated heterocycles. The van der Waals surface area contributed by atoms with Gasteiger partial charge >= 0.3 is 0 Å². The van der Waals surface area contributed by atoms with Crippen LogP contribution in [0, 0.1) is 0 Å². The molecule has 1 aliphatic heterocycles. The van der Waals surface area contributed by atoms with Crippen LogP contribution in [0.1, 0.15) is 47.6 Å². The summed E-state index contributed by atoms with van der Waals surface area (Å²) in [7, 11) is 1.99. The molecule has 2 aromatic heterocycles. The quantitative estimate of drug-likeness (QED) is 0.944. The molecule has 0 spiro atoms. The molecule has 0 saturated carbocycles. The van der Waals surface area contributed by atoms with E-state index in [-0.39, 0.29) is 6.04 Å². The third kappa shape index (κ3) is 2.54. The molecule has 0 amide bonds. The Morgan fingerprint density at radius 3 is 3.05 bits per heavy atom. The highest BCUT2D eigenvalue weighted by molar-refractivity contribution is 7.10. The molecule has 0 bridgehead atoms. The number of rotatable bonds is 4. The Bertz CT molecular complexity index is 616. The van der Waals surface area contributed by atoms with Crippen LogP contribution >= 0.6 is 11.3 Å². The van der Waals surface area contributed by atoms with Crippen LogP contribution in [0.25, 0.3) is 0 Å². The van der Waals surface area contributed by atoms with Gasteiger partial charge in [0.15, 0.2) is 0 Å². The van der Waals surface area contributed by atoms with Crippen molar-refractivity contribution in [2.45, 2.75) is 38.8 Å². The van der Waals surface area contributed by atoms with E-state index in [9.17, 15) is 0 Å². The highest BCUT2D eigenvalue weighted by Crippen LogP contribution is 2.38. The molecule has 21 heavy (non-hydrogen) atoms. The molecule has 2 unspecified atom stereocenters. The molecule has 1 aliphatic rings. The monoisotopic (exact) mass is 304 g/mol. The Labute approximate surface area is 130 Å². The number of nitrogens with two attached hydrogens (primary N) is 1. The largest absolute Gasteiger partial charge is 0.329 e. The molecule has 114 valence electrons. The average molecular weight is 304 g/mol. The van der Waals surface area contributed by atoms with E-state index in [4.69, 9.17) is 5.73 Å². The summed E-state index contributed by atoms with van der Waals surface area (Å²) in [5, 5.41) is 6.80. The number of fused-ring (bicyclic) bond motifs is 1. The zero-order chi connectivity index (χ0) is 15.0. The van der Waals surface area contributed by atoms with Crippen molar-refractivity contribution in [3.8, 4) is 0 Å². The smallest absolute Gasteiger partial charge is 0.0670 e. The van der Waals surface area contributed by atoms with Crippen molar-refractivity contribution in [2.24, 2.45) is 12.8 Å². The molecule has 2 aromatic rings. The zero-order valence-corrected chi connectivity index (χ0v) is 13.9. The summed E-state index contributed by atoms with van der Waals surface area (Å²) in [6.07, 6.45) is 4.24.